The topological polar surface area (TPSA) is 75.3 Å². The summed E-state index contributed by atoms with van der Waals surface area (Å²) in [5.41, 5.74) is 0. The molecule has 2 rings (SSSR count). The molecule has 5 heteroatoms. The molecule has 124 valence electrons. The summed E-state index contributed by atoms with van der Waals surface area (Å²) in [7, 11) is 0. The molecule has 0 heterocycles. The molecule has 5 nitrogen and oxygen atoms in total. The van der Waals surface area contributed by atoms with Crippen LogP contribution in [0.1, 0.15) is 71.1 Å². The Balaban J connectivity index is 1.84. The molecule has 0 spiro atoms. The molecular formula is C17H28N2O3. The first-order valence-electron chi connectivity index (χ1n) is 8.74. The second-order valence-corrected chi connectivity index (χ2v) is 6.72. The smallest absolute Gasteiger partial charge is 0.289 e. The van der Waals surface area contributed by atoms with Gasteiger partial charge < -0.3 is 10.6 Å². The molecular weight excluding hydrogens is 280 g/mol. The van der Waals surface area contributed by atoms with Gasteiger partial charge >= 0.3 is 0 Å². The van der Waals surface area contributed by atoms with E-state index in [2.05, 4.69) is 17.6 Å². The van der Waals surface area contributed by atoms with Crippen LogP contribution in [0.15, 0.2) is 0 Å². The summed E-state index contributed by atoms with van der Waals surface area (Å²) in [6, 6.07) is -0.473. The average Bonchev–Trinajstić information content (AvgIpc) is 3.24. The molecule has 22 heavy (non-hydrogen) atoms. The van der Waals surface area contributed by atoms with Crippen molar-refractivity contribution in [1.29, 1.82) is 0 Å². The number of hydrogen-bond donors (Lipinski definition) is 2. The third-order valence-electron chi connectivity index (χ3n) is 4.59. The van der Waals surface area contributed by atoms with E-state index in [4.69, 9.17) is 0 Å². The molecule has 2 aliphatic carbocycles. The molecule has 1 atom stereocenters. The van der Waals surface area contributed by atoms with Crippen molar-refractivity contribution in [1.82, 2.24) is 10.6 Å². The zero-order valence-electron chi connectivity index (χ0n) is 13.5. The number of Topliss-reactive ketones (excluding diaryl/α,β-unsaturated/α-hetero) is 1. The Kier molecular flexibility index (Phi) is 6.40. The molecule has 2 fully saturated rings. The molecule has 2 amide bonds. The molecule has 0 aromatic rings. The highest BCUT2D eigenvalue weighted by atomic mass is 16.2. The van der Waals surface area contributed by atoms with Crippen molar-refractivity contribution in [3.63, 3.8) is 0 Å². The van der Waals surface area contributed by atoms with E-state index >= 15 is 0 Å². The first-order chi connectivity index (χ1) is 10.6. The number of hydrogen-bond acceptors (Lipinski definition) is 3. The van der Waals surface area contributed by atoms with Crippen LogP contribution in [0.25, 0.3) is 0 Å². The van der Waals surface area contributed by atoms with Gasteiger partial charge in [-0.25, -0.2) is 0 Å². The summed E-state index contributed by atoms with van der Waals surface area (Å²) < 4.78 is 0. The maximum Gasteiger partial charge on any atom is 0.289 e. The Morgan fingerprint density at radius 3 is 2.36 bits per heavy atom. The predicted molar refractivity (Wildman–Crippen MR) is 84.2 cm³/mol. The normalized spacial score (nSPS) is 19.1. The number of rotatable bonds is 10. The molecule has 2 aliphatic rings. The largest absolute Gasteiger partial charge is 0.347 e. The fraction of sp³-hybridized carbons (Fsp3) is 0.824. The predicted octanol–water partition coefficient (Wildman–Crippen LogP) is 2.09. The lowest BCUT2D eigenvalue weighted by molar-refractivity contribution is -0.140. The highest BCUT2D eigenvalue weighted by molar-refractivity contribution is 6.38. The van der Waals surface area contributed by atoms with Crippen LogP contribution < -0.4 is 10.6 Å². The number of nitrogens with one attached hydrogen (secondary N) is 2. The Bertz CT molecular complexity index is 414. The minimum Gasteiger partial charge on any atom is -0.347 e. The maximum atomic E-state index is 12.3. The van der Waals surface area contributed by atoms with Gasteiger partial charge in [0.05, 0.1) is 6.04 Å². The molecule has 0 bridgehead atoms. The van der Waals surface area contributed by atoms with Crippen molar-refractivity contribution in [3.05, 3.63) is 0 Å². The van der Waals surface area contributed by atoms with Gasteiger partial charge in [0.15, 0.2) is 0 Å². The van der Waals surface area contributed by atoms with Gasteiger partial charge in [0.2, 0.25) is 11.7 Å². The summed E-state index contributed by atoms with van der Waals surface area (Å²) in [4.78, 5) is 36.3. The minimum atomic E-state index is -0.641. The van der Waals surface area contributed by atoms with Crippen molar-refractivity contribution in [2.75, 3.05) is 0 Å². The number of amides is 2. The highest BCUT2D eigenvalue weighted by Gasteiger charge is 2.33. The third kappa shape index (κ3) is 5.43. The van der Waals surface area contributed by atoms with E-state index in [1.54, 1.807) is 0 Å². The lowest BCUT2D eigenvalue weighted by Gasteiger charge is -2.29. The van der Waals surface area contributed by atoms with Gasteiger partial charge in [-0.15, -0.1) is 0 Å². The van der Waals surface area contributed by atoms with Crippen molar-refractivity contribution in [2.45, 2.75) is 83.2 Å². The number of unbranched alkanes of at least 4 members (excludes halogenated alkanes) is 2. The van der Waals surface area contributed by atoms with Crippen molar-refractivity contribution >= 4 is 17.6 Å². The number of carbonyl (C=O) groups is 3. The fourth-order valence-corrected chi connectivity index (χ4v) is 2.74. The van der Waals surface area contributed by atoms with E-state index in [0.29, 0.717) is 18.8 Å². The van der Waals surface area contributed by atoms with Crippen LogP contribution in [-0.2, 0) is 14.4 Å². The van der Waals surface area contributed by atoms with E-state index in [0.717, 1.165) is 44.9 Å². The van der Waals surface area contributed by atoms with Gasteiger partial charge in [-0.3, -0.25) is 14.4 Å². The van der Waals surface area contributed by atoms with E-state index < -0.39 is 17.7 Å². The molecule has 0 aromatic heterocycles. The minimum absolute atomic E-state index is 0.106. The Morgan fingerprint density at radius 1 is 1.09 bits per heavy atom. The van der Waals surface area contributed by atoms with E-state index in [9.17, 15) is 14.4 Å². The van der Waals surface area contributed by atoms with Crippen molar-refractivity contribution in [2.24, 2.45) is 5.92 Å². The van der Waals surface area contributed by atoms with Gasteiger partial charge in [0.25, 0.3) is 5.91 Å². The van der Waals surface area contributed by atoms with Gasteiger partial charge in [0, 0.05) is 12.5 Å². The highest BCUT2D eigenvalue weighted by Crippen LogP contribution is 2.30. The van der Waals surface area contributed by atoms with E-state index in [-0.39, 0.29) is 11.9 Å². The van der Waals surface area contributed by atoms with E-state index in [1.165, 1.54) is 6.42 Å². The van der Waals surface area contributed by atoms with Gasteiger partial charge in [-0.2, -0.15) is 0 Å². The van der Waals surface area contributed by atoms with Crippen LogP contribution in [0.5, 0.6) is 0 Å². The van der Waals surface area contributed by atoms with E-state index in [1.807, 2.05) is 0 Å². The average molecular weight is 308 g/mol. The van der Waals surface area contributed by atoms with Crippen LogP contribution in [0.3, 0.4) is 0 Å². The summed E-state index contributed by atoms with van der Waals surface area (Å²) in [5, 5.41) is 5.53. The molecule has 2 N–H and O–H groups in total. The fourth-order valence-electron chi connectivity index (χ4n) is 2.74. The second kappa shape index (κ2) is 8.30. The monoisotopic (exact) mass is 308 g/mol. The molecule has 0 radical (unpaired) electrons. The third-order valence-corrected chi connectivity index (χ3v) is 4.59. The van der Waals surface area contributed by atoms with Gasteiger partial charge in [-0.05, 0) is 31.6 Å². The first kappa shape index (κ1) is 17.0. The van der Waals surface area contributed by atoms with Crippen LogP contribution in [0, 0.1) is 5.92 Å². The quantitative estimate of drug-likeness (QED) is 0.479. The number of carbonyl (C=O) groups excluding carboxylic acids is 3. The second-order valence-electron chi connectivity index (χ2n) is 6.72. The molecule has 1 unspecified atom stereocenters. The molecule has 0 saturated heterocycles. The number of ketones is 1. The lowest BCUT2D eigenvalue weighted by atomic mass is 9.80. The SMILES string of the molecule is CCCCCC(=O)NC(CC1CCC1)C(=O)C(=O)NC1CC1. The first-order valence-corrected chi connectivity index (χ1v) is 8.74. The van der Waals surface area contributed by atoms with Crippen LogP contribution in [0.4, 0.5) is 0 Å². The lowest BCUT2D eigenvalue weighted by Crippen LogP contribution is -2.49. The Hall–Kier alpha value is -1.39. The zero-order chi connectivity index (χ0) is 15.9. The molecule has 2 saturated carbocycles. The van der Waals surface area contributed by atoms with Crippen LogP contribution in [-0.4, -0.2) is 29.7 Å². The maximum absolute atomic E-state index is 12.3. The summed E-state index contributed by atoms with van der Waals surface area (Å²) in [5.74, 6) is -0.632. The Labute approximate surface area is 132 Å². The van der Waals surface area contributed by atoms with Gasteiger partial charge in [-0.1, -0.05) is 39.0 Å². The van der Waals surface area contributed by atoms with Gasteiger partial charge in [0.1, 0.15) is 0 Å². The standard InChI is InChI=1S/C17H28N2O3/c1-2-3-4-8-15(20)19-14(11-12-6-5-7-12)16(21)17(22)18-13-9-10-13/h12-14H,2-11H2,1H3,(H,18,22)(H,19,20). The molecule has 0 aliphatic heterocycles. The van der Waals surface area contributed by atoms with Crippen molar-refractivity contribution in [3.8, 4) is 0 Å². The van der Waals surface area contributed by atoms with Crippen LogP contribution in [0.2, 0.25) is 0 Å². The summed E-state index contributed by atoms with van der Waals surface area (Å²) in [6.07, 6.45) is 9.23. The zero-order valence-corrected chi connectivity index (χ0v) is 13.5. The van der Waals surface area contributed by atoms with Crippen molar-refractivity contribution < 1.29 is 14.4 Å². The Morgan fingerprint density at radius 2 is 1.82 bits per heavy atom. The summed E-state index contributed by atoms with van der Waals surface area (Å²) >= 11 is 0. The molecule has 0 aromatic carbocycles. The summed E-state index contributed by atoms with van der Waals surface area (Å²) in [6.45, 7) is 2.09. The van der Waals surface area contributed by atoms with Crippen LogP contribution >= 0.6 is 0 Å².